The maximum Gasteiger partial charge on any atom is 0.324 e. The molecule has 0 saturated carbocycles. The number of nitrogens with zero attached hydrogens (tertiary/aromatic N) is 2. The van der Waals surface area contributed by atoms with E-state index in [1.165, 1.54) is 34.4 Å². The zero-order valence-corrected chi connectivity index (χ0v) is 14.0. The second-order valence-electron chi connectivity index (χ2n) is 6.54. The van der Waals surface area contributed by atoms with Crippen LogP contribution in [0, 0.1) is 13.8 Å². The van der Waals surface area contributed by atoms with Crippen molar-refractivity contribution in [3.05, 3.63) is 34.9 Å². The molecule has 2 saturated heterocycles. The van der Waals surface area contributed by atoms with Gasteiger partial charge in [-0.15, -0.1) is 0 Å². The van der Waals surface area contributed by atoms with Crippen molar-refractivity contribution in [2.45, 2.75) is 39.2 Å². The van der Waals surface area contributed by atoms with Crippen molar-refractivity contribution in [3.8, 4) is 0 Å². The van der Waals surface area contributed by atoms with Crippen LogP contribution >= 0.6 is 0 Å². The molecule has 2 aliphatic rings. The molecular formula is C18H25N3O2. The van der Waals surface area contributed by atoms with Crippen molar-refractivity contribution in [1.29, 1.82) is 0 Å². The van der Waals surface area contributed by atoms with Gasteiger partial charge in [0.05, 0.1) is 6.54 Å². The number of piperidine rings is 1. The first-order valence-corrected chi connectivity index (χ1v) is 8.46. The summed E-state index contributed by atoms with van der Waals surface area (Å²) in [6.45, 7) is 6.73. The van der Waals surface area contributed by atoms with Gasteiger partial charge in [-0.1, -0.05) is 24.6 Å². The molecule has 1 atom stereocenters. The fourth-order valence-electron chi connectivity index (χ4n) is 3.66. The highest BCUT2D eigenvalue weighted by Crippen LogP contribution is 2.33. The highest BCUT2D eigenvalue weighted by Gasteiger charge is 2.31. The van der Waals surface area contributed by atoms with Gasteiger partial charge in [-0.3, -0.25) is 14.6 Å². The average molecular weight is 315 g/mol. The number of hydrogen-bond donors (Lipinski definition) is 1. The topological polar surface area (TPSA) is 52.6 Å². The lowest BCUT2D eigenvalue weighted by Crippen LogP contribution is -2.42. The van der Waals surface area contributed by atoms with Gasteiger partial charge >= 0.3 is 6.03 Å². The summed E-state index contributed by atoms with van der Waals surface area (Å²) in [6.07, 6.45) is 3.56. The quantitative estimate of drug-likeness (QED) is 0.868. The van der Waals surface area contributed by atoms with Crippen molar-refractivity contribution in [3.63, 3.8) is 0 Å². The van der Waals surface area contributed by atoms with Crippen LogP contribution in [-0.2, 0) is 4.79 Å². The molecule has 124 valence electrons. The number of likely N-dealkylation sites (tertiary alicyclic amines) is 1. The molecule has 0 radical (unpaired) electrons. The van der Waals surface area contributed by atoms with Crippen LogP contribution in [0.3, 0.4) is 0 Å². The Bertz CT molecular complexity index is 598. The van der Waals surface area contributed by atoms with Crippen LogP contribution in [0.5, 0.6) is 0 Å². The second kappa shape index (κ2) is 6.71. The van der Waals surface area contributed by atoms with Gasteiger partial charge in [-0.05, 0) is 49.9 Å². The van der Waals surface area contributed by atoms with E-state index >= 15 is 0 Å². The van der Waals surface area contributed by atoms with Gasteiger partial charge in [0, 0.05) is 19.1 Å². The highest BCUT2D eigenvalue weighted by molar-refractivity contribution is 6.01. The Balaban J connectivity index is 1.73. The van der Waals surface area contributed by atoms with Gasteiger partial charge in [-0.25, -0.2) is 4.79 Å². The maximum absolute atomic E-state index is 11.7. The lowest BCUT2D eigenvalue weighted by atomic mass is 9.90. The predicted molar refractivity (Wildman–Crippen MR) is 89.2 cm³/mol. The molecular weight excluding hydrogens is 290 g/mol. The first-order chi connectivity index (χ1) is 11.1. The monoisotopic (exact) mass is 315 g/mol. The first kappa shape index (κ1) is 16.0. The molecule has 0 aromatic heterocycles. The standard InChI is InChI=1S/C18H25N3O2/c1-13-6-5-7-15(14(13)2)16-8-3-4-9-20(16)10-11-21-17(22)12-19-18(21)23/h5-7,16H,3-4,8-12H2,1-2H3,(H,19,23). The smallest absolute Gasteiger partial charge is 0.324 e. The van der Waals surface area contributed by atoms with Crippen LogP contribution in [0.1, 0.15) is 42.0 Å². The molecule has 1 aromatic rings. The summed E-state index contributed by atoms with van der Waals surface area (Å²) >= 11 is 0. The molecule has 1 unspecified atom stereocenters. The molecule has 1 N–H and O–H groups in total. The van der Waals surface area contributed by atoms with Gasteiger partial charge in [0.2, 0.25) is 5.91 Å². The summed E-state index contributed by atoms with van der Waals surface area (Å²) in [7, 11) is 0. The largest absolute Gasteiger partial charge is 0.329 e. The van der Waals surface area contributed by atoms with Crippen molar-refractivity contribution >= 4 is 11.9 Å². The number of carbonyl (C=O) groups is 2. The number of nitrogens with one attached hydrogen (secondary N) is 1. The van der Waals surface area contributed by atoms with Crippen LogP contribution < -0.4 is 5.32 Å². The zero-order chi connectivity index (χ0) is 16.4. The van der Waals surface area contributed by atoms with E-state index in [1.807, 2.05) is 0 Å². The summed E-state index contributed by atoms with van der Waals surface area (Å²) in [5.74, 6) is -0.115. The van der Waals surface area contributed by atoms with Crippen molar-refractivity contribution in [1.82, 2.24) is 15.1 Å². The molecule has 0 spiro atoms. The third-order valence-corrected chi connectivity index (χ3v) is 5.17. The third-order valence-electron chi connectivity index (χ3n) is 5.17. The molecule has 2 aliphatic heterocycles. The van der Waals surface area contributed by atoms with Gasteiger partial charge in [-0.2, -0.15) is 0 Å². The Kier molecular flexibility index (Phi) is 4.66. The number of amides is 3. The Morgan fingerprint density at radius 2 is 2.00 bits per heavy atom. The molecule has 2 fully saturated rings. The SMILES string of the molecule is Cc1cccc(C2CCCCN2CCN2C(=O)CNC2=O)c1C. The Morgan fingerprint density at radius 3 is 2.74 bits per heavy atom. The van der Waals surface area contributed by atoms with Crippen LogP contribution in [0.4, 0.5) is 4.79 Å². The minimum absolute atomic E-state index is 0.115. The average Bonchev–Trinajstić information content (AvgIpc) is 2.87. The molecule has 2 heterocycles. The maximum atomic E-state index is 11.7. The molecule has 5 heteroatoms. The molecule has 0 bridgehead atoms. The summed E-state index contributed by atoms with van der Waals surface area (Å²) in [5.41, 5.74) is 4.07. The van der Waals surface area contributed by atoms with Crippen molar-refractivity contribution < 1.29 is 9.59 Å². The molecule has 0 aliphatic carbocycles. The summed E-state index contributed by atoms with van der Waals surface area (Å²) in [5, 5.41) is 2.59. The minimum Gasteiger partial charge on any atom is -0.329 e. The Hall–Kier alpha value is -1.88. The molecule has 23 heavy (non-hydrogen) atoms. The fraction of sp³-hybridized carbons (Fsp3) is 0.556. The predicted octanol–water partition coefficient (Wildman–Crippen LogP) is 2.38. The Morgan fingerprint density at radius 1 is 1.17 bits per heavy atom. The number of imide groups is 1. The number of aryl methyl sites for hydroxylation is 1. The highest BCUT2D eigenvalue weighted by atomic mass is 16.2. The summed E-state index contributed by atoms with van der Waals surface area (Å²) < 4.78 is 0. The summed E-state index contributed by atoms with van der Waals surface area (Å²) in [4.78, 5) is 27.2. The van der Waals surface area contributed by atoms with Gasteiger partial charge in [0.15, 0.2) is 0 Å². The fourth-order valence-corrected chi connectivity index (χ4v) is 3.66. The van der Waals surface area contributed by atoms with Crippen LogP contribution in [-0.4, -0.2) is 47.9 Å². The lowest BCUT2D eigenvalue weighted by Gasteiger charge is -2.37. The van der Waals surface area contributed by atoms with E-state index in [9.17, 15) is 9.59 Å². The van der Waals surface area contributed by atoms with E-state index < -0.39 is 0 Å². The number of rotatable bonds is 4. The van der Waals surface area contributed by atoms with Crippen molar-refractivity contribution in [2.24, 2.45) is 0 Å². The van der Waals surface area contributed by atoms with Crippen LogP contribution in [0.2, 0.25) is 0 Å². The van der Waals surface area contributed by atoms with Gasteiger partial charge in [0.25, 0.3) is 0 Å². The first-order valence-electron chi connectivity index (χ1n) is 8.46. The van der Waals surface area contributed by atoms with E-state index in [2.05, 4.69) is 42.3 Å². The minimum atomic E-state index is -0.254. The van der Waals surface area contributed by atoms with Crippen LogP contribution in [0.15, 0.2) is 18.2 Å². The van der Waals surface area contributed by atoms with Gasteiger partial charge < -0.3 is 5.32 Å². The molecule has 1 aromatic carbocycles. The Labute approximate surface area is 137 Å². The molecule has 3 rings (SSSR count). The summed E-state index contributed by atoms with van der Waals surface area (Å²) in [6, 6.07) is 6.64. The second-order valence-corrected chi connectivity index (χ2v) is 6.54. The van der Waals surface area contributed by atoms with Crippen molar-refractivity contribution in [2.75, 3.05) is 26.2 Å². The van der Waals surface area contributed by atoms with E-state index in [0.717, 1.165) is 19.5 Å². The number of hydrogen-bond acceptors (Lipinski definition) is 3. The van der Waals surface area contributed by atoms with Crippen LogP contribution in [0.25, 0.3) is 0 Å². The van der Waals surface area contributed by atoms with E-state index in [4.69, 9.17) is 0 Å². The van der Waals surface area contributed by atoms with E-state index in [-0.39, 0.29) is 18.5 Å². The molecule has 5 nitrogen and oxygen atoms in total. The molecule has 3 amide bonds. The number of benzene rings is 1. The van der Waals surface area contributed by atoms with E-state index in [1.54, 1.807) is 0 Å². The van der Waals surface area contributed by atoms with Gasteiger partial charge in [0.1, 0.15) is 0 Å². The number of urea groups is 1. The zero-order valence-electron chi connectivity index (χ0n) is 14.0. The van der Waals surface area contributed by atoms with E-state index in [0.29, 0.717) is 12.6 Å². The number of carbonyl (C=O) groups excluding carboxylic acids is 2. The normalized spacial score (nSPS) is 22.5. The lowest BCUT2D eigenvalue weighted by molar-refractivity contribution is -0.125. The third kappa shape index (κ3) is 3.24.